The molecule has 30 heavy (non-hydrogen) atoms. The molecule has 0 saturated carbocycles. The van der Waals surface area contributed by atoms with Crippen LogP contribution in [0.1, 0.15) is 17.3 Å². The van der Waals surface area contributed by atoms with Crippen molar-refractivity contribution in [3.05, 3.63) is 54.2 Å². The van der Waals surface area contributed by atoms with Gasteiger partial charge in [-0.1, -0.05) is 0 Å². The maximum absolute atomic E-state index is 12.6. The summed E-state index contributed by atoms with van der Waals surface area (Å²) in [6.45, 7) is 1.46. The highest BCUT2D eigenvalue weighted by Crippen LogP contribution is 2.29. The molecular weight excluding hydrogens is 412 g/mol. The highest BCUT2D eigenvalue weighted by molar-refractivity contribution is 7.90. The average Bonchev–Trinajstić information content (AvgIpc) is 3.20. The summed E-state index contributed by atoms with van der Waals surface area (Å²) in [7, 11) is -3.32. The molecule has 0 aliphatic heterocycles. The average molecular weight is 432 g/mol. The normalized spacial score (nSPS) is 12.2. The molecular formula is C19H20N4O6S. The summed E-state index contributed by atoms with van der Waals surface area (Å²) in [6, 6.07) is 10.4. The quantitative estimate of drug-likeness (QED) is 0.490. The van der Waals surface area contributed by atoms with Gasteiger partial charge in [0.15, 0.2) is 15.7 Å². The van der Waals surface area contributed by atoms with Gasteiger partial charge in [-0.2, -0.15) is 10.3 Å². The highest BCUT2D eigenvalue weighted by Gasteiger charge is 2.14. The fourth-order valence-electron chi connectivity index (χ4n) is 2.44. The lowest BCUT2D eigenvalue weighted by Crippen LogP contribution is -2.17. The minimum Gasteiger partial charge on any atom is -0.488 e. The van der Waals surface area contributed by atoms with E-state index in [9.17, 15) is 18.3 Å². The number of rotatable bonds is 8. The van der Waals surface area contributed by atoms with Crippen molar-refractivity contribution in [1.29, 1.82) is 0 Å². The molecule has 10 nitrogen and oxygen atoms in total. The van der Waals surface area contributed by atoms with Gasteiger partial charge in [0.25, 0.3) is 5.91 Å². The van der Waals surface area contributed by atoms with Crippen LogP contribution in [0.4, 0.5) is 5.82 Å². The Balaban J connectivity index is 1.88. The van der Waals surface area contributed by atoms with Crippen LogP contribution in [0.15, 0.2) is 53.6 Å². The van der Waals surface area contributed by atoms with E-state index in [1.54, 1.807) is 13.0 Å². The molecule has 0 aliphatic rings. The molecule has 0 aliphatic carbocycles. The Morgan fingerprint density at radius 3 is 2.47 bits per heavy atom. The molecule has 2 aromatic carbocycles. The summed E-state index contributed by atoms with van der Waals surface area (Å²) in [5.41, 5.74) is 0.225. The number of aromatic amines is 1. The fourth-order valence-corrected chi connectivity index (χ4v) is 3.07. The largest absolute Gasteiger partial charge is 0.488 e. The first-order valence-electron chi connectivity index (χ1n) is 8.82. The summed E-state index contributed by atoms with van der Waals surface area (Å²) in [4.78, 5) is 12.7. The molecule has 3 N–H and O–H groups in total. The van der Waals surface area contributed by atoms with Crippen LogP contribution < -0.4 is 14.8 Å². The Morgan fingerprint density at radius 1 is 1.17 bits per heavy atom. The molecule has 11 heteroatoms. The van der Waals surface area contributed by atoms with Gasteiger partial charge in [-0.25, -0.2) is 8.42 Å². The molecule has 1 aromatic heterocycles. The van der Waals surface area contributed by atoms with E-state index in [1.807, 2.05) is 0 Å². The van der Waals surface area contributed by atoms with Gasteiger partial charge < -0.3 is 19.9 Å². The van der Waals surface area contributed by atoms with Gasteiger partial charge in [-0.05, 0) is 43.3 Å². The summed E-state index contributed by atoms with van der Waals surface area (Å²) in [5, 5.41) is 21.6. The zero-order valence-electron chi connectivity index (χ0n) is 16.2. The van der Waals surface area contributed by atoms with Crippen LogP contribution in [0, 0.1) is 0 Å². The van der Waals surface area contributed by atoms with Gasteiger partial charge >= 0.3 is 0 Å². The van der Waals surface area contributed by atoms with Crippen molar-refractivity contribution < 1.29 is 27.8 Å². The van der Waals surface area contributed by atoms with Crippen molar-refractivity contribution in [2.45, 2.75) is 17.9 Å². The predicted octanol–water partition coefficient (Wildman–Crippen LogP) is 2.01. The van der Waals surface area contributed by atoms with Crippen molar-refractivity contribution in [3.63, 3.8) is 0 Å². The van der Waals surface area contributed by atoms with Gasteiger partial charge in [-0.15, -0.1) is 5.10 Å². The third-order valence-corrected chi connectivity index (χ3v) is 5.01. The van der Waals surface area contributed by atoms with Crippen molar-refractivity contribution in [3.8, 4) is 17.2 Å². The van der Waals surface area contributed by atoms with Gasteiger partial charge in [0, 0.05) is 17.9 Å². The molecule has 1 unspecified atom stereocenters. The number of nitrogens with one attached hydrogen (secondary N) is 2. The number of hydrogen-bond donors (Lipinski definition) is 3. The van der Waals surface area contributed by atoms with Gasteiger partial charge in [0.2, 0.25) is 0 Å². The molecule has 0 saturated heterocycles. The van der Waals surface area contributed by atoms with E-state index in [1.165, 1.54) is 42.6 Å². The molecule has 0 radical (unpaired) electrons. The lowest BCUT2D eigenvalue weighted by atomic mass is 10.2. The Labute approximate surface area is 172 Å². The molecule has 3 aromatic rings. The number of nitrogens with zero attached hydrogens (tertiary/aromatic N) is 2. The van der Waals surface area contributed by atoms with E-state index in [2.05, 4.69) is 20.7 Å². The zero-order valence-corrected chi connectivity index (χ0v) is 17.0. The Kier molecular flexibility index (Phi) is 6.33. The van der Waals surface area contributed by atoms with E-state index in [0.29, 0.717) is 11.5 Å². The lowest BCUT2D eigenvalue weighted by molar-refractivity contribution is 0.102. The van der Waals surface area contributed by atoms with Crippen molar-refractivity contribution >= 4 is 21.6 Å². The van der Waals surface area contributed by atoms with E-state index in [4.69, 9.17) is 9.47 Å². The Morgan fingerprint density at radius 2 is 1.87 bits per heavy atom. The van der Waals surface area contributed by atoms with Gasteiger partial charge in [0.1, 0.15) is 23.4 Å². The second-order valence-electron chi connectivity index (χ2n) is 6.46. The molecule has 0 fully saturated rings. The van der Waals surface area contributed by atoms with E-state index >= 15 is 0 Å². The van der Waals surface area contributed by atoms with Crippen LogP contribution in [-0.4, -0.2) is 53.8 Å². The number of aliphatic hydroxyl groups is 1. The molecule has 1 heterocycles. The second kappa shape index (κ2) is 8.93. The number of aliphatic hydroxyl groups excluding tert-OH is 1. The van der Waals surface area contributed by atoms with Crippen LogP contribution in [0.5, 0.6) is 17.2 Å². The van der Waals surface area contributed by atoms with Crippen LogP contribution in [-0.2, 0) is 9.84 Å². The van der Waals surface area contributed by atoms with Crippen LogP contribution >= 0.6 is 0 Å². The lowest BCUT2D eigenvalue weighted by Gasteiger charge is -2.15. The highest BCUT2D eigenvalue weighted by atomic mass is 32.2. The molecule has 1 amide bonds. The number of anilines is 1. The maximum Gasteiger partial charge on any atom is 0.257 e. The van der Waals surface area contributed by atoms with Crippen LogP contribution in [0.3, 0.4) is 0 Å². The van der Waals surface area contributed by atoms with Gasteiger partial charge in [0.05, 0.1) is 17.7 Å². The molecule has 0 bridgehead atoms. The third-order valence-electron chi connectivity index (χ3n) is 3.88. The topological polar surface area (TPSA) is 144 Å². The Bertz CT molecular complexity index is 1110. The first-order chi connectivity index (χ1) is 14.2. The summed E-state index contributed by atoms with van der Waals surface area (Å²) >= 11 is 0. The summed E-state index contributed by atoms with van der Waals surface area (Å²) in [6.07, 6.45) is 1.97. The third kappa shape index (κ3) is 5.55. The van der Waals surface area contributed by atoms with Crippen molar-refractivity contribution in [2.75, 3.05) is 18.2 Å². The van der Waals surface area contributed by atoms with Gasteiger partial charge in [-0.3, -0.25) is 4.79 Å². The van der Waals surface area contributed by atoms with Crippen molar-refractivity contribution in [1.82, 2.24) is 15.4 Å². The number of hydrogen-bond acceptors (Lipinski definition) is 8. The molecule has 3 rings (SSSR count). The first kappa shape index (κ1) is 21.3. The molecule has 0 spiro atoms. The van der Waals surface area contributed by atoms with E-state index in [-0.39, 0.29) is 28.6 Å². The minimum atomic E-state index is -3.32. The van der Waals surface area contributed by atoms with E-state index < -0.39 is 21.8 Å². The number of carbonyl (C=O) groups excluding carboxylic acids is 1. The number of benzene rings is 2. The van der Waals surface area contributed by atoms with E-state index in [0.717, 1.165) is 6.26 Å². The number of H-pyrrole nitrogens is 1. The number of sulfone groups is 1. The summed E-state index contributed by atoms with van der Waals surface area (Å²) in [5.74, 6) is 0.747. The number of ether oxygens (including phenoxy) is 2. The Hall–Kier alpha value is -3.44. The number of carbonyl (C=O) groups is 1. The predicted molar refractivity (Wildman–Crippen MR) is 108 cm³/mol. The maximum atomic E-state index is 12.6. The van der Waals surface area contributed by atoms with Crippen LogP contribution in [0.25, 0.3) is 0 Å². The monoisotopic (exact) mass is 432 g/mol. The van der Waals surface area contributed by atoms with Crippen LogP contribution in [0.2, 0.25) is 0 Å². The SMILES string of the molecule is CC(CO)Oc1cc(Oc2ccc(S(C)(=O)=O)cc2)cc(C(=O)Nc2cn[nH]n2)c1. The second-order valence-corrected chi connectivity index (χ2v) is 8.47. The minimum absolute atomic E-state index is 0.163. The number of amides is 1. The van der Waals surface area contributed by atoms with Crippen molar-refractivity contribution in [2.24, 2.45) is 0 Å². The smallest absolute Gasteiger partial charge is 0.257 e. The summed E-state index contributed by atoms with van der Waals surface area (Å²) < 4.78 is 34.6. The fraction of sp³-hybridized carbons (Fsp3) is 0.211. The number of aromatic nitrogens is 3. The standard InChI is InChI=1S/C19H20N4O6S/c1-12(11-24)28-15-7-13(19(25)21-18-10-20-23-22-18)8-16(9-15)29-14-3-5-17(6-4-14)30(2,26)27/h3-10,12,24H,11H2,1-2H3,(H2,20,21,22,23,25). The molecule has 1 atom stereocenters. The first-order valence-corrected chi connectivity index (χ1v) is 10.7. The molecule has 158 valence electrons. The zero-order chi connectivity index (χ0) is 21.7.